The van der Waals surface area contributed by atoms with Crippen molar-refractivity contribution in [1.29, 1.82) is 0 Å². The summed E-state index contributed by atoms with van der Waals surface area (Å²) in [6, 6.07) is 7.17. The molecule has 1 heterocycles. The lowest BCUT2D eigenvalue weighted by atomic mass is 10.1. The zero-order valence-corrected chi connectivity index (χ0v) is 12.0. The molecule has 0 aliphatic carbocycles. The number of rotatable bonds is 4. The molecule has 1 atom stereocenters. The quantitative estimate of drug-likeness (QED) is 0.925. The highest BCUT2D eigenvalue weighted by Crippen LogP contribution is 2.09. The van der Waals surface area contributed by atoms with Crippen molar-refractivity contribution < 1.29 is 4.79 Å². The van der Waals surface area contributed by atoms with Crippen molar-refractivity contribution in [2.45, 2.75) is 26.8 Å². The lowest BCUT2D eigenvalue weighted by Crippen LogP contribution is -2.32. The van der Waals surface area contributed by atoms with Crippen LogP contribution in [0.1, 0.15) is 26.1 Å². The van der Waals surface area contributed by atoms with Crippen molar-refractivity contribution in [2.75, 3.05) is 7.05 Å². The summed E-state index contributed by atoms with van der Waals surface area (Å²) in [5, 5.41) is 0.562. The normalized spacial score (nSPS) is 12.3. The molecule has 1 amide bonds. The van der Waals surface area contributed by atoms with Crippen LogP contribution in [0.3, 0.4) is 0 Å². The van der Waals surface area contributed by atoms with Gasteiger partial charge in [-0.25, -0.2) is 4.98 Å². The van der Waals surface area contributed by atoms with Crippen molar-refractivity contribution in [3.63, 3.8) is 0 Å². The zero-order valence-electron chi connectivity index (χ0n) is 12.0. The Bertz CT molecular complexity index is 678. The van der Waals surface area contributed by atoms with E-state index in [4.69, 9.17) is 0 Å². The number of benzene rings is 1. The van der Waals surface area contributed by atoms with E-state index in [0.717, 1.165) is 6.42 Å². The van der Waals surface area contributed by atoms with Gasteiger partial charge in [-0.2, -0.15) is 0 Å². The Hall–Kier alpha value is -2.17. The van der Waals surface area contributed by atoms with Gasteiger partial charge >= 0.3 is 0 Å². The molecule has 2 aromatic rings. The van der Waals surface area contributed by atoms with Gasteiger partial charge in [0.15, 0.2) is 0 Å². The molecule has 0 saturated heterocycles. The fourth-order valence-corrected chi connectivity index (χ4v) is 2.06. The average molecular weight is 273 g/mol. The standard InChI is InChI=1S/C15H19N3O2/c1-4-10(2)15(20)18(3)9-13-16-12-8-6-5-7-11(12)14(19)17-13/h5-8,10H,4,9H2,1-3H3,(H,16,17,19)/t10-/m0/s1. The maximum atomic E-state index is 12.0. The Morgan fingerprint density at radius 1 is 1.40 bits per heavy atom. The van der Waals surface area contributed by atoms with Crippen molar-refractivity contribution in [3.05, 3.63) is 40.4 Å². The van der Waals surface area contributed by atoms with E-state index in [1.54, 1.807) is 30.1 Å². The Morgan fingerprint density at radius 2 is 2.10 bits per heavy atom. The number of fused-ring (bicyclic) bond motifs is 1. The predicted molar refractivity (Wildman–Crippen MR) is 78.3 cm³/mol. The molecule has 1 aromatic heterocycles. The molecule has 0 unspecified atom stereocenters. The second-order valence-electron chi connectivity index (χ2n) is 5.03. The number of nitrogens with zero attached hydrogens (tertiary/aromatic N) is 2. The third-order valence-electron chi connectivity index (χ3n) is 3.46. The van der Waals surface area contributed by atoms with E-state index in [1.165, 1.54) is 0 Å². The van der Waals surface area contributed by atoms with E-state index in [0.29, 0.717) is 23.3 Å². The highest BCUT2D eigenvalue weighted by atomic mass is 16.2. The van der Waals surface area contributed by atoms with Crippen LogP contribution in [0.25, 0.3) is 10.9 Å². The van der Waals surface area contributed by atoms with Gasteiger partial charge in [-0.05, 0) is 18.6 Å². The van der Waals surface area contributed by atoms with Crippen LogP contribution in [0.4, 0.5) is 0 Å². The van der Waals surface area contributed by atoms with E-state index in [9.17, 15) is 9.59 Å². The van der Waals surface area contributed by atoms with Crippen LogP contribution in [0.5, 0.6) is 0 Å². The minimum Gasteiger partial charge on any atom is -0.338 e. The summed E-state index contributed by atoms with van der Waals surface area (Å²) < 4.78 is 0. The monoisotopic (exact) mass is 273 g/mol. The molecule has 20 heavy (non-hydrogen) atoms. The second kappa shape index (κ2) is 5.86. The largest absolute Gasteiger partial charge is 0.338 e. The summed E-state index contributed by atoms with van der Waals surface area (Å²) in [6.07, 6.45) is 0.796. The molecule has 0 radical (unpaired) electrons. The van der Waals surface area contributed by atoms with Gasteiger partial charge in [-0.3, -0.25) is 9.59 Å². The summed E-state index contributed by atoms with van der Waals surface area (Å²) in [5.74, 6) is 0.545. The van der Waals surface area contributed by atoms with E-state index < -0.39 is 0 Å². The van der Waals surface area contributed by atoms with Gasteiger partial charge in [0.1, 0.15) is 5.82 Å². The fraction of sp³-hybridized carbons (Fsp3) is 0.400. The first-order valence-corrected chi connectivity index (χ1v) is 6.75. The fourth-order valence-electron chi connectivity index (χ4n) is 2.06. The Balaban J connectivity index is 2.26. The van der Waals surface area contributed by atoms with Crippen LogP contribution in [0.15, 0.2) is 29.1 Å². The number of carbonyl (C=O) groups is 1. The van der Waals surface area contributed by atoms with E-state index in [2.05, 4.69) is 9.97 Å². The average Bonchev–Trinajstić information content (AvgIpc) is 2.45. The number of para-hydroxylation sites is 1. The van der Waals surface area contributed by atoms with Gasteiger partial charge < -0.3 is 9.88 Å². The van der Waals surface area contributed by atoms with Crippen molar-refractivity contribution >= 4 is 16.8 Å². The molecule has 0 fully saturated rings. The van der Waals surface area contributed by atoms with Gasteiger partial charge in [0, 0.05) is 13.0 Å². The maximum absolute atomic E-state index is 12.0. The lowest BCUT2D eigenvalue weighted by Gasteiger charge is -2.20. The predicted octanol–water partition coefficient (Wildman–Crippen LogP) is 1.93. The van der Waals surface area contributed by atoms with Crippen LogP contribution < -0.4 is 5.56 Å². The molecule has 0 saturated carbocycles. The first kappa shape index (κ1) is 14.2. The summed E-state index contributed by atoms with van der Waals surface area (Å²) in [6.45, 7) is 4.19. The Kier molecular flexibility index (Phi) is 4.17. The molecule has 1 aromatic carbocycles. The van der Waals surface area contributed by atoms with E-state index in [-0.39, 0.29) is 17.4 Å². The molecule has 0 aliphatic heterocycles. The van der Waals surface area contributed by atoms with E-state index in [1.807, 2.05) is 19.9 Å². The van der Waals surface area contributed by atoms with Crippen molar-refractivity contribution in [2.24, 2.45) is 5.92 Å². The smallest absolute Gasteiger partial charge is 0.258 e. The number of aromatic amines is 1. The number of aromatic nitrogens is 2. The lowest BCUT2D eigenvalue weighted by molar-refractivity contribution is -0.134. The summed E-state index contributed by atoms with van der Waals surface area (Å²) in [4.78, 5) is 32.7. The number of nitrogens with one attached hydrogen (secondary N) is 1. The molecule has 2 rings (SSSR count). The molecular formula is C15H19N3O2. The SMILES string of the molecule is CC[C@H](C)C(=O)N(C)Cc1nc2ccccc2c(=O)[nH]1. The maximum Gasteiger partial charge on any atom is 0.258 e. The minimum absolute atomic E-state index is 0.0211. The van der Waals surface area contributed by atoms with Gasteiger partial charge in [0.05, 0.1) is 17.4 Å². The number of hydrogen-bond acceptors (Lipinski definition) is 3. The molecule has 5 nitrogen and oxygen atoms in total. The molecule has 0 aliphatic rings. The molecule has 1 N–H and O–H groups in total. The summed E-state index contributed by atoms with van der Waals surface area (Å²) in [7, 11) is 1.73. The van der Waals surface area contributed by atoms with Crippen LogP contribution in [0, 0.1) is 5.92 Å². The summed E-state index contributed by atoms with van der Waals surface area (Å²) in [5.41, 5.74) is 0.477. The van der Waals surface area contributed by atoms with Crippen LogP contribution in [-0.2, 0) is 11.3 Å². The number of hydrogen-bond donors (Lipinski definition) is 1. The number of amides is 1. The first-order valence-electron chi connectivity index (χ1n) is 6.75. The topological polar surface area (TPSA) is 66.1 Å². The van der Waals surface area contributed by atoms with Crippen molar-refractivity contribution in [3.8, 4) is 0 Å². The summed E-state index contributed by atoms with van der Waals surface area (Å²) >= 11 is 0. The number of H-pyrrole nitrogens is 1. The van der Waals surface area contributed by atoms with Gasteiger partial charge in [0.2, 0.25) is 5.91 Å². The molecular weight excluding hydrogens is 254 g/mol. The Morgan fingerprint density at radius 3 is 2.80 bits per heavy atom. The van der Waals surface area contributed by atoms with Crippen molar-refractivity contribution in [1.82, 2.24) is 14.9 Å². The molecule has 106 valence electrons. The molecule has 5 heteroatoms. The third kappa shape index (κ3) is 2.87. The van der Waals surface area contributed by atoms with Crippen LogP contribution in [0.2, 0.25) is 0 Å². The molecule has 0 spiro atoms. The third-order valence-corrected chi connectivity index (χ3v) is 3.46. The Labute approximate surface area is 117 Å². The van der Waals surface area contributed by atoms with Gasteiger partial charge in [-0.1, -0.05) is 26.0 Å². The second-order valence-corrected chi connectivity index (χ2v) is 5.03. The van der Waals surface area contributed by atoms with Gasteiger partial charge in [0.25, 0.3) is 5.56 Å². The van der Waals surface area contributed by atoms with E-state index >= 15 is 0 Å². The number of carbonyl (C=O) groups excluding carboxylic acids is 1. The highest BCUT2D eigenvalue weighted by Gasteiger charge is 2.16. The van der Waals surface area contributed by atoms with Crippen LogP contribution >= 0.6 is 0 Å². The first-order chi connectivity index (χ1) is 9.52. The zero-order chi connectivity index (χ0) is 14.7. The van der Waals surface area contributed by atoms with Crippen LogP contribution in [-0.4, -0.2) is 27.8 Å². The molecule has 0 bridgehead atoms. The minimum atomic E-state index is -0.171. The van der Waals surface area contributed by atoms with Gasteiger partial charge in [-0.15, -0.1) is 0 Å². The highest BCUT2D eigenvalue weighted by molar-refractivity contribution is 5.78.